The van der Waals surface area contributed by atoms with Crippen LogP contribution < -0.4 is 9.64 Å². The second-order valence-corrected chi connectivity index (χ2v) is 7.22. The maximum atomic E-state index is 13.2. The van der Waals surface area contributed by atoms with Gasteiger partial charge in [-0.15, -0.1) is 5.10 Å². The highest BCUT2D eigenvalue weighted by atomic mass is 35.5. The van der Waals surface area contributed by atoms with Crippen molar-refractivity contribution < 1.29 is 14.0 Å². The topological polar surface area (TPSA) is 36.4 Å². The molecule has 5 nitrogen and oxygen atoms in total. The Hall–Kier alpha value is -2.22. The number of ether oxygens (including phenoxy) is 1. The van der Waals surface area contributed by atoms with Crippen molar-refractivity contribution in [3.05, 3.63) is 63.6 Å². The van der Waals surface area contributed by atoms with Crippen molar-refractivity contribution >= 4 is 23.8 Å². The minimum atomic E-state index is -0.279. The lowest BCUT2D eigenvalue weighted by Crippen LogP contribution is -3.07. The summed E-state index contributed by atoms with van der Waals surface area (Å²) in [6.45, 7) is 1.28. The molecule has 0 saturated heterocycles. The molecular weight excluding hydrogens is 387 g/mol. The predicted molar refractivity (Wildman–Crippen MR) is 106 cm³/mol. The molecule has 3 rings (SSSR count). The van der Waals surface area contributed by atoms with Crippen LogP contribution in [-0.4, -0.2) is 28.5 Å². The number of rotatable bonds is 6. The van der Waals surface area contributed by atoms with E-state index in [1.165, 1.54) is 12.1 Å². The molecule has 0 amide bonds. The van der Waals surface area contributed by atoms with E-state index in [4.69, 9.17) is 28.6 Å². The quantitative estimate of drug-likeness (QED) is 0.638. The fourth-order valence-electron chi connectivity index (χ4n) is 2.96. The predicted octanol–water partition coefficient (Wildman–Crippen LogP) is 3.09. The molecule has 0 bridgehead atoms. The van der Waals surface area contributed by atoms with Crippen molar-refractivity contribution in [3.8, 4) is 17.1 Å². The second kappa shape index (κ2) is 8.21. The van der Waals surface area contributed by atoms with Gasteiger partial charge in [0.05, 0.1) is 14.2 Å². The fourth-order valence-corrected chi connectivity index (χ4v) is 3.35. The molecule has 3 aromatic rings. The van der Waals surface area contributed by atoms with Crippen LogP contribution in [0, 0.1) is 10.6 Å². The number of aromatic nitrogens is 3. The number of halogens is 2. The van der Waals surface area contributed by atoms with Crippen LogP contribution in [0.5, 0.6) is 5.75 Å². The maximum Gasteiger partial charge on any atom is 0.202 e. The highest BCUT2D eigenvalue weighted by Crippen LogP contribution is 2.22. The Balaban J connectivity index is 1.82. The monoisotopic (exact) mass is 407 g/mol. The number of hydrogen-bond acceptors (Lipinski definition) is 3. The van der Waals surface area contributed by atoms with E-state index in [0.717, 1.165) is 21.8 Å². The Bertz CT molecular complexity index is 1000. The van der Waals surface area contributed by atoms with E-state index in [1.807, 2.05) is 36.9 Å². The van der Waals surface area contributed by atoms with Gasteiger partial charge in [0.25, 0.3) is 0 Å². The Morgan fingerprint density at radius 3 is 2.59 bits per heavy atom. The van der Waals surface area contributed by atoms with Crippen molar-refractivity contribution in [1.82, 2.24) is 14.3 Å². The smallest absolute Gasteiger partial charge is 0.202 e. The maximum absolute atomic E-state index is 13.2. The number of hydrogen-bond donors (Lipinski definition) is 1. The van der Waals surface area contributed by atoms with E-state index < -0.39 is 0 Å². The zero-order valence-corrected chi connectivity index (χ0v) is 16.9. The number of nitrogens with one attached hydrogen (secondary N) is 1. The summed E-state index contributed by atoms with van der Waals surface area (Å²) in [5, 5.41) is 5.30. The molecule has 8 heteroatoms. The summed E-state index contributed by atoms with van der Waals surface area (Å²) < 4.78 is 22.8. The first-order chi connectivity index (χ1) is 12.9. The first kappa shape index (κ1) is 19.5. The second-order valence-electron chi connectivity index (χ2n) is 6.42. The average Bonchev–Trinajstić information content (AvgIpc) is 2.91. The Kier molecular flexibility index (Phi) is 5.94. The van der Waals surface area contributed by atoms with Crippen LogP contribution in [0.3, 0.4) is 0 Å². The highest BCUT2D eigenvalue weighted by molar-refractivity contribution is 7.71. The normalized spacial score (nSPS) is 12.2. The van der Waals surface area contributed by atoms with Gasteiger partial charge < -0.3 is 14.2 Å². The average molecular weight is 408 g/mol. The van der Waals surface area contributed by atoms with Crippen molar-refractivity contribution in [2.75, 3.05) is 14.2 Å². The summed E-state index contributed by atoms with van der Waals surface area (Å²) in [5.41, 5.74) is 1.83. The van der Waals surface area contributed by atoms with Crippen molar-refractivity contribution in [1.29, 1.82) is 0 Å². The number of nitrogens with zero attached hydrogens (tertiary/aromatic N) is 3. The lowest BCUT2D eigenvalue weighted by atomic mass is 10.2. The Labute approximate surface area is 167 Å². The Morgan fingerprint density at radius 1 is 1.22 bits per heavy atom. The third kappa shape index (κ3) is 4.37. The molecular formula is C19H21ClFN4OS+. The van der Waals surface area contributed by atoms with E-state index in [0.29, 0.717) is 28.8 Å². The molecule has 1 heterocycles. The lowest BCUT2D eigenvalue weighted by molar-refractivity contribution is -0.917. The van der Waals surface area contributed by atoms with Crippen molar-refractivity contribution in [3.63, 3.8) is 0 Å². The van der Waals surface area contributed by atoms with Crippen molar-refractivity contribution in [2.24, 2.45) is 7.05 Å². The van der Waals surface area contributed by atoms with E-state index in [2.05, 4.69) is 5.10 Å². The molecule has 0 aliphatic carbocycles. The summed E-state index contributed by atoms with van der Waals surface area (Å²) in [6.07, 6.45) is 0. The summed E-state index contributed by atoms with van der Waals surface area (Å²) >= 11 is 11.6. The van der Waals surface area contributed by atoms with E-state index in [9.17, 15) is 4.39 Å². The van der Waals surface area contributed by atoms with Crippen LogP contribution in [0.25, 0.3) is 11.4 Å². The Morgan fingerprint density at radius 2 is 1.93 bits per heavy atom. The molecule has 0 fully saturated rings. The third-order valence-electron chi connectivity index (χ3n) is 4.30. The van der Waals surface area contributed by atoms with E-state index in [-0.39, 0.29) is 5.82 Å². The van der Waals surface area contributed by atoms with Gasteiger partial charge in [-0.1, -0.05) is 11.6 Å². The standard InChI is InChI=1S/C19H20ClFN4OS/c1-23(11-14-10-15(20)6-9-17(14)26-3)12-25-19(27)24(2)18(22-25)13-4-7-16(21)8-5-13/h4-10H,11-12H2,1-3H3/p+1. The molecule has 142 valence electrons. The van der Waals surface area contributed by atoms with Gasteiger partial charge in [-0.25, -0.2) is 4.39 Å². The minimum absolute atomic E-state index is 0.279. The van der Waals surface area contributed by atoms with Crippen LogP contribution in [0.2, 0.25) is 5.02 Å². The van der Waals surface area contributed by atoms with Crippen LogP contribution in [0.4, 0.5) is 4.39 Å². The summed E-state index contributed by atoms with van der Waals surface area (Å²) in [4.78, 5) is 1.16. The zero-order valence-electron chi connectivity index (χ0n) is 15.4. The largest absolute Gasteiger partial charge is 0.496 e. The third-order valence-corrected chi connectivity index (χ3v) is 5.02. The molecule has 2 aromatic carbocycles. The van der Waals surface area contributed by atoms with Crippen molar-refractivity contribution in [2.45, 2.75) is 13.2 Å². The molecule has 1 unspecified atom stereocenters. The molecule has 27 heavy (non-hydrogen) atoms. The van der Waals surface area contributed by atoms with Gasteiger partial charge in [0.15, 0.2) is 12.5 Å². The van der Waals surface area contributed by atoms with Crippen LogP contribution in [0.15, 0.2) is 42.5 Å². The fraction of sp³-hybridized carbons (Fsp3) is 0.263. The zero-order chi connectivity index (χ0) is 19.6. The van der Waals surface area contributed by atoms with Crippen LogP contribution >= 0.6 is 23.8 Å². The van der Waals surface area contributed by atoms with Gasteiger partial charge in [-0.2, -0.15) is 4.68 Å². The van der Waals surface area contributed by atoms with Gasteiger partial charge in [0.1, 0.15) is 18.1 Å². The highest BCUT2D eigenvalue weighted by Gasteiger charge is 2.15. The van der Waals surface area contributed by atoms with Gasteiger partial charge in [-0.05, 0) is 54.7 Å². The van der Waals surface area contributed by atoms with E-state index >= 15 is 0 Å². The van der Waals surface area contributed by atoms with Gasteiger partial charge in [-0.3, -0.25) is 0 Å². The number of quaternary nitrogens is 1. The van der Waals surface area contributed by atoms with Gasteiger partial charge >= 0.3 is 0 Å². The SMILES string of the molecule is COc1ccc(Cl)cc1C[NH+](C)Cn1nc(-c2ccc(F)cc2)n(C)c1=S. The summed E-state index contributed by atoms with van der Waals surface area (Å²) in [7, 11) is 5.56. The number of methoxy groups -OCH3 is 1. The van der Waals surface area contributed by atoms with E-state index in [1.54, 1.807) is 23.9 Å². The first-order valence-corrected chi connectivity index (χ1v) is 9.21. The molecule has 0 radical (unpaired) electrons. The summed E-state index contributed by atoms with van der Waals surface area (Å²) in [6, 6.07) is 11.8. The summed E-state index contributed by atoms with van der Waals surface area (Å²) in [5.74, 6) is 1.22. The molecule has 0 saturated carbocycles. The molecule has 1 atom stereocenters. The molecule has 0 aliphatic rings. The molecule has 0 spiro atoms. The molecule has 0 aliphatic heterocycles. The van der Waals surface area contributed by atoms with Crippen LogP contribution in [-0.2, 0) is 20.3 Å². The van der Waals surface area contributed by atoms with Gasteiger partial charge in [0, 0.05) is 23.2 Å². The molecule has 1 aromatic heterocycles. The number of benzene rings is 2. The first-order valence-electron chi connectivity index (χ1n) is 8.42. The van der Waals surface area contributed by atoms with Crippen LogP contribution in [0.1, 0.15) is 5.56 Å². The lowest BCUT2D eigenvalue weighted by Gasteiger charge is -2.16. The van der Waals surface area contributed by atoms with Gasteiger partial charge in [0.2, 0.25) is 4.77 Å². The molecule has 1 N–H and O–H groups in total. The minimum Gasteiger partial charge on any atom is -0.496 e.